The van der Waals surface area contributed by atoms with Crippen molar-refractivity contribution in [3.63, 3.8) is 0 Å². The molecule has 0 bridgehead atoms. The molecule has 2 rings (SSSR count). The van der Waals surface area contributed by atoms with Crippen molar-refractivity contribution in [3.05, 3.63) is 69.2 Å². The molecule has 0 saturated carbocycles. The fraction of sp³-hybridized carbons (Fsp3) is 0.143. The summed E-state index contributed by atoms with van der Waals surface area (Å²) in [7, 11) is 0. The van der Waals surface area contributed by atoms with Crippen LogP contribution in [0, 0.1) is 11.6 Å². The molecular formula is C14H8BrF5O. The molecule has 1 N–H and O–H groups in total. The lowest BCUT2D eigenvalue weighted by Gasteiger charge is -2.19. The molecular weight excluding hydrogens is 359 g/mol. The van der Waals surface area contributed by atoms with Gasteiger partial charge in [-0.2, -0.15) is 13.2 Å². The summed E-state index contributed by atoms with van der Waals surface area (Å²) in [5.41, 5.74) is -1.66. The summed E-state index contributed by atoms with van der Waals surface area (Å²) in [6.07, 6.45) is -6.41. The van der Waals surface area contributed by atoms with Crippen molar-refractivity contribution in [2.75, 3.05) is 0 Å². The number of alkyl halides is 3. The Morgan fingerprint density at radius 1 is 0.952 bits per heavy atom. The Balaban J connectivity index is 2.56. The fourth-order valence-corrected chi connectivity index (χ4v) is 2.45. The lowest BCUT2D eigenvalue weighted by atomic mass is 9.96. The Morgan fingerprint density at radius 2 is 1.57 bits per heavy atom. The maximum atomic E-state index is 13.4. The SMILES string of the molecule is OC(c1ccccc1C(F)(F)F)c1ccc(F)c(F)c1Br. The molecule has 0 spiro atoms. The Hall–Kier alpha value is -1.47. The van der Waals surface area contributed by atoms with Gasteiger partial charge in [0.1, 0.15) is 6.10 Å². The zero-order chi connectivity index (χ0) is 15.8. The van der Waals surface area contributed by atoms with Gasteiger partial charge in [-0.05, 0) is 33.6 Å². The number of benzene rings is 2. The highest BCUT2D eigenvalue weighted by molar-refractivity contribution is 9.10. The van der Waals surface area contributed by atoms with Crippen LogP contribution in [0.5, 0.6) is 0 Å². The van der Waals surface area contributed by atoms with Crippen molar-refractivity contribution >= 4 is 15.9 Å². The van der Waals surface area contributed by atoms with E-state index < -0.39 is 39.5 Å². The summed E-state index contributed by atoms with van der Waals surface area (Å²) in [4.78, 5) is 0. The maximum Gasteiger partial charge on any atom is 0.416 e. The van der Waals surface area contributed by atoms with E-state index in [1.807, 2.05) is 0 Å². The Morgan fingerprint density at radius 3 is 2.19 bits per heavy atom. The van der Waals surface area contributed by atoms with Crippen LogP contribution < -0.4 is 0 Å². The van der Waals surface area contributed by atoms with Gasteiger partial charge in [0.2, 0.25) is 0 Å². The molecule has 1 atom stereocenters. The number of rotatable bonds is 2. The molecule has 0 aromatic heterocycles. The predicted octanol–water partition coefficient (Wildman–Crippen LogP) is 4.83. The zero-order valence-electron chi connectivity index (χ0n) is 10.3. The van der Waals surface area contributed by atoms with Gasteiger partial charge in [-0.3, -0.25) is 0 Å². The summed E-state index contributed by atoms with van der Waals surface area (Å²) in [6, 6.07) is 6.17. The van der Waals surface area contributed by atoms with Crippen LogP contribution in [0.25, 0.3) is 0 Å². The van der Waals surface area contributed by atoms with E-state index in [-0.39, 0.29) is 5.56 Å². The van der Waals surface area contributed by atoms with Gasteiger partial charge in [0.15, 0.2) is 11.6 Å². The third-order valence-electron chi connectivity index (χ3n) is 2.92. The molecule has 0 amide bonds. The van der Waals surface area contributed by atoms with E-state index in [0.29, 0.717) is 0 Å². The number of aliphatic hydroxyl groups is 1. The van der Waals surface area contributed by atoms with Crippen LogP contribution in [0.3, 0.4) is 0 Å². The number of hydrogen-bond acceptors (Lipinski definition) is 1. The summed E-state index contributed by atoms with van der Waals surface area (Å²) in [5, 5.41) is 10.1. The first-order chi connectivity index (χ1) is 9.73. The number of halogens is 6. The number of hydrogen-bond donors (Lipinski definition) is 1. The molecule has 112 valence electrons. The largest absolute Gasteiger partial charge is 0.416 e. The minimum Gasteiger partial charge on any atom is -0.384 e. The minimum absolute atomic E-state index is 0.189. The van der Waals surface area contributed by atoms with Gasteiger partial charge >= 0.3 is 6.18 Å². The summed E-state index contributed by atoms with van der Waals surface area (Å²) < 4.78 is 64.8. The van der Waals surface area contributed by atoms with E-state index in [0.717, 1.165) is 24.3 Å². The Kier molecular flexibility index (Phi) is 4.34. The van der Waals surface area contributed by atoms with Gasteiger partial charge in [0, 0.05) is 5.56 Å². The van der Waals surface area contributed by atoms with Gasteiger partial charge in [-0.25, -0.2) is 8.78 Å². The highest BCUT2D eigenvalue weighted by atomic mass is 79.9. The van der Waals surface area contributed by atoms with E-state index in [2.05, 4.69) is 15.9 Å². The van der Waals surface area contributed by atoms with Gasteiger partial charge in [-0.15, -0.1) is 0 Å². The average molecular weight is 367 g/mol. The molecule has 0 aliphatic rings. The molecule has 0 heterocycles. The molecule has 1 nitrogen and oxygen atoms in total. The minimum atomic E-state index is -4.66. The van der Waals surface area contributed by atoms with Crippen molar-refractivity contribution in [3.8, 4) is 0 Å². The van der Waals surface area contributed by atoms with Crippen LogP contribution in [-0.2, 0) is 6.18 Å². The van der Waals surface area contributed by atoms with Crippen molar-refractivity contribution in [1.29, 1.82) is 0 Å². The topological polar surface area (TPSA) is 20.2 Å². The Labute approximate surface area is 125 Å². The molecule has 7 heteroatoms. The lowest BCUT2D eigenvalue weighted by molar-refractivity contribution is -0.139. The van der Waals surface area contributed by atoms with Crippen LogP contribution >= 0.6 is 15.9 Å². The monoisotopic (exact) mass is 366 g/mol. The first kappa shape index (κ1) is 15.9. The third-order valence-corrected chi connectivity index (χ3v) is 3.73. The van der Waals surface area contributed by atoms with Crippen LogP contribution in [0.4, 0.5) is 22.0 Å². The van der Waals surface area contributed by atoms with Crippen LogP contribution in [0.15, 0.2) is 40.9 Å². The lowest BCUT2D eigenvalue weighted by Crippen LogP contribution is -2.13. The smallest absolute Gasteiger partial charge is 0.384 e. The first-order valence-corrected chi connectivity index (χ1v) is 6.50. The van der Waals surface area contributed by atoms with Gasteiger partial charge in [-0.1, -0.05) is 24.3 Å². The van der Waals surface area contributed by atoms with Crippen molar-refractivity contribution in [2.24, 2.45) is 0 Å². The molecule has 0 fully saturated rings. The van der Waals surface area contributed by atoms with E-state index in [9.17, 15) is 27.1 Å². The van der Waals surface area contributed by atoms with E-state index >= 15 is 0 Å². The molecule has 0 radical (unpaired) electrons. The van der Waals surface area contributed by atoms with Crippen LogP contribution in [0.2, 0.25) is 0 Å². The summed E-state index contributed by atoms with van der Waals surface area (Å²) in [5.74, 6) is -2.43. The average Bonchev–Trinajstić information content (AvgIpc) is 2.43. The predicted molar refractivity (Wildman–Crippen MR) is 69.6 cm³/mol. The first-order valence-electron chi connectivity index (χ1n) is 5.71. The zero-order valence-corrected chi connectivity index (χ0v) is 11.8. The van der Waals surface area contributed by atoms with Gasteiger partial charge < -0.3 is 5.11 Å². The van der Waals surface area contributed by atoms with Crippen LogP contribution in [0.1, 0.15) is 22.8 Å². The quantitative estimate of drug-likeness (QED) is 0.596. The van der Waals surface area contributed by atoms with Crippen LogP contribution in [-0.4, -0.2) is 5.11 Å². The summed E-state index contributed by atoms with van der Waals surface area (Å²) in [6.45, 7) is 0. The molecule has 2 aromatic rings. The van der Waals surface area contributed by atoms with Crippen molar-refractivity contribution in [2.45, 2.75) is 12.3 Å². The highest BCUT2D eigenvalue weighted by Gasteiger charge is 2.35. The molecule has 21 heavy (non-hydrogen) atoms. The second kappa shape index (κ2) is 5.73. The standard InChI is InChI=1S/C14H8BrF5O/c15-11-8(5-6-10(16)12(11)17)13(21)7-3-1-2-4-9(7)14(18,19)20/h1-6,13,21H. The van der Waals surface area contributed by atoms with Gasteiger partial charge in [0.25, 0.3) is 0 Å². The number of aliphatic hydroxyl groups excluding tert-OH is 1. The normalized spacial score (nSPS) is 13.3. The maximum absolute atomic E-state index is 13.4. The molecule has 0 aliphatic carbocycles. The molecule has 1 unspecified atom stereocenters. The highest BCUT2D eigenvalue weighted by Crippen LogP contribution is 2.38. The van der Waals surface area contributed by atoms with E-state index in [1.54, 1.807) is 0 Å². The molecule has 2 aromatic carbocycles. The Bertz CT molecular complexity index is 669. The second-order valence-electron chi connectivity index (χ2n) is 4.25. The van der Waals surface area contributed by atoms with E-state index in [1.165, 1.54) is 12.1 Å². The second-order valence-corrected chi connectivity index (χ2v) is 5.05. The van der Waals surface area contributed by atoms with Crippen molar-refractivity contribution < 1.29 is 27.1 Å². The van der Waals surface area contributed by atoms with Crippen molar-refractivity contribution in [1.82, 2.24) is 0 Å². The summed E-state index contributed by atoms with van der Waals surface area (Å²) >= 11 is 2.75. The van der Waals surface area contributed by atoms with E-state index in [4.69, 9.17) is 0 Å². The fourth-order valence-electron chi connectivity index (χ4n) is 1.91. The van der Waals surface area contributed by atoms with Gasteiger partial charge in [0.05, 0.1) is 10.0 Å². The third kappa shape index (κ3) is 3.08. The molecule has 0 aliphatic heterocycles. The molecule has 0 saturated heterocycles.